The molecule has 0 radical (unpaired) electrons. The molecule has 0 fully saturated rings. The van der Waals surface area contributed by atoms with Crippen LogP contribution in [0.15, 0.2) is 48.5 Å². The summed E-state index contributed by atoms with van der Waals surface area (Å²) in [5.41, 5.74) is 1.41. The lowest BCUT2D eigenvalue weighted by atomic mass is 9.99. The van der Waals surface area contributed by atoms with Crippen molar-refractivity contribution in [3.05, 3.63) is 71.3 Å². The van der Waals surface area contributed by atoms with Gasteiger partial charge in [0.25, 0.3) is 0 Å². The van der Waals surface area contributed by atoms with Crippen molar-refractivity contribution in [1.82, 2.24) is 5.32 Å². The van der Waals surface area contributed by atoms with Crippen LogP contribution in [-0.4, -0.2) is 23.7 Å². The zero-order valence-corrected chi connectivity index (χ0v) is 12.8. The summed E-state index contributed by atoms with van der Waals surface area (Å²) in [6, 6.07) is 11.9. The molecule has 1 unspecified atom stereocenters. The zero-order valence-electron chi connectivity index (χ0n) is 12.8. The van der Waals surface area contributed by atoms with Gasteiger partial charge in [-0.25, -0.2) is 8.78 Å². The number of hydrogen-bond acceptors (Lipinski definition) is 2. The van der Waals surface area contributed by atoms with E-state index >= 15 is 0 Å². The van der Waals surface area contributed by atoms with Crippen LogP contribution in [0.1, 0.15) is 24.0 Å². The summed E-state index contributed by atoms with van der Waals surface area (Å²) >= 11 is 0. The van der Waals surface area contributed by atoms with E-state index in [-0.39, 0.29) is 5.92 Å². The Labute approximate surface area is 134 Å². The molecule has 0 aliphatic rings. The molecule has 5 heteroatoms. The van der Waals surface area contributed by atoms with Gasteiger partial charge in [0, 0.05) is 12.6 Å². The maximum Gasteiger partial charge on any atom is 0.321 e. The van der Waals surface area contributed by atoms with E-state index in [2.05, 4.69) is 5.32 Å². The van der Waals surface area contributed by atoms with E-state index in [1.807, 2.05) is 30.3 Å². The number of nitrogens with one attached hydrogen (secondary N) is 1. The van der Waals surface area contributed by atoms with Crippen LogP contribution in [0.5, 0.6) is 0 Å². The molecule has 0 aromatic heterocycles. The summed E-state index contributed by atoms with van der Waals surface area (Å²) in [6.45, 7) is 2.11. The molecule has 0 amide bonds. The maximum absolute atomic E-state index is 13.2. The standard InChI is InChI=1S/C18H19F2NO2/c1-12(14-8-15(19)10-16(20)9-14)11-21-17(18(22)23)7-13-5-3-2-4-6-13/h2-6,8-10,12,17,21H,7,11H2,1H3,(H,22,23)/t12?,17-/m0/s1. The second-order valence-corrected chi connectivity index (χ2v) is 5.59. The lowest BCUT2D eigenvalue weighted by Crippen LogP contribution is -2.40. The van der Waals surface area contributed by atoms with E-state index in [0.717, 1.165) is 11.6 Å². The van der Waals surface area contributed by atoms with Crippen molar-refractivity contribution in [3.8, 4) is 0 Å². The van der Waals surface area contributed by atoms with Gasteiger partial charge in [-0.3, -0.25) is 4.79 Å². The Hall–Kier alpha value is -2.27. The van der Waals surface area contributed by atoms with Crippen LogP contribution in [-0.2, 0) is 11.2 Å². The van der Waals surface area contributed by atoms with E-state index in [9.17, 15) is 18.7 Å². The van der Waals surface area contributed by atoms with Crippen LogP contribution in [0.3, 0.4) is 0 Å². The summed E-state index contributed by atoms with van der Waals surface area (Å²) in [5.74, 6) is -2.43. The Morgan fingerprint density at radius 1 is 1.13 bits per heavy atom. The van der Waals surface area contributed by atoms with Crippen molar-refractivity contribution in [2.24, 2.45) is 0 Å². The highest BCUT2D eigenvalue weighted by atomic mass is 19.1. The average molecular weight is 319 g/mol. The van der Waals surface area contributed by atoms with E-state index in [0.29, 0.717) is 18.5 Å². The van der Waals surface area contributed by atoms with Crippen molar-refractivity contribution in [2.45, 2.75) is 25.3 Å². The highest BCUT2D eigenvalue weighted by Gasteiger charge is 2.19. The van der Waals surface area contributed by atoms with E-state index in [4.69, 9.17) is 0 Å². The molecule has 0 spiro atoms. The topological polar surface area (TPSA) is 49.3 Å². The van der Waals surface area contributed by atoms with Gasteiger partial charge < -0.3 is 10.4 Å². The highest BCUT2D eigenvalue weighted by molar-refractivity contribution is 5.73. The van der Waals surface area contributed by atoms with Gasteiger partial charge in [-0.05, 0) is 35.6 Å². The number of halogens is 2. The molecule has 2 atom stereocenters. The maximum atomic E-state index is 13.2. The molecular formula is C18H19F2NO2. The fourth-order valence-electron chi connectivity index (χ4n) is 2.39. The molecule has 0 bridgehead atoms. The Morgan fingerprint density at radius 3 is 2.30 bits per heavy atom. The first-order valence-electron chi connectivity index (χ1n) is 7.42. The Bertz CT molecular complexity index is 641. The summed E-state index contributed by atoms with van der Waals surface area (Å²) in [4.78, 5) is 11.4. The molecule has 0 heterocycles. The third-order valence-corrected chi connectivity index (χ3v) is 3.71. The molecule has 0 saturated heterocycles. The molecule has 2 N–H and O–H groups in total. The van der Waals surface area contributed by atoms with Crippen molar-refractivity contribution in [1.29, 1.82) is 0 Å². The van der Waals surface area contributed by atoms with Crippen molar-refractivity contribution in [3.63, 3.8) is 0 Å². The predicted molar refractivity (Wildman–Crippen MR) is 84.3 cm³/mol. The third kappa shape index (κ3) is 5.14. The van der Waals surface area contributed by atoms with Crippen molar-refractivity contribution in [2.75, 3.05) is 6.54 Å². The lowest BCUT2D eigenvalue weighted by Gasteiger charge is -2.18. The third-order valence-electron chi connectivity index (χ3n) is 3.71. The first-order valence-corrected chi connectivity index (χ1v) is 7.42. The Morgan fingerprint density at radius 2 is 1.74 bits per heavy atom. The fourth-order valence-corrected chi connectivity index (χ4v) is 2.39. The van der Waals surface area contributed by atoms with Crippen LogP contribution in [0.25, 0.3) is 0 Å². The van der Waals surface area contributed by atoms with Gasteiger partial charge in [-0.1, -0.05) is 37.3 Å². The fraction of sp³-hybridized carbons (Fsp3) is 0.278. The largest absolute Gasteiger partial charge is 0.480 e. The smallest absolute Gasteiger partial charge is 0.321 e. The molecule has 2 rings (SSSR count). The second-order valence-electron chi connectivity index (χ2n) is 5.59. The number of carboxylic acids is 1. The minimum atomic E-state index is -0.952. The van der Waals surface area contributed by atoms with Crippen LogP contribution >= 0.6 is 0 Å². The predicted octanol–water partition coefficient (Wildman–Crippen LogP) is 3.35. The van der Waals surface area contributed by atoms with Crippen LogP contribution < -0.4 is 5.32 Å². The minimum Gasteiger partial charge on any atom is -0.480 e. The van der Waals surface area contributed by atoms with Gasteiger partial charge in [0.05, 0.1) is 0 Å². The first kappa shape index (κ1) is 17.1. The Balaban J connectivity index is 1.99. The molecule has 0 saturated carbocycles. The molecule has 2 aromatic carbocycles. The van der Waals surface area contributed by atoms with E-state index in [1.54, 1.807) is 6.92 Å². The molecule has 0 aliphatic carbocycles. The van der Waals surface area contributed by atoms with Gasteiger partial charge >= 0.3 is 5.97 Å². The number of carboxylic acid groups (broad SMARTS) is 1. The summed E-state index contributed by atoms with van der Waals surface area (Å²) in [7, 11) is 0. The van der Waals surface area contributed by atoms with Crippen LogP contribution in [0.2, 0.25) is 0 Å². The second kappa shape index (κ2) is 7.83. The molecule has 23 heavy (non-hydrogen) atoms. The molecule has 122 valence electrons. The lowest BCUT2D eigenvalue weighted by molar-refractivity contribution is -0.139. The van der Waals surface area contributed by atoms with E-state index in [1.165, 1.54) is 12.1 Å². The number of hydrogen-bond donors (Lipinski definition) is 2. The summed E-state index contributed by atoms with van der Waals surface area (Å²) < 4.78 is 26.5. The number of carbonyl (C=O) groups is 1. The normalized spacial score (nSPS) is 13.5. The van der Waals surface area contributed by atoms with Gasteiger partial charge in [-0.15, -0.1) is 0 Å². The summed E-state index contributed by atoms with van der Waals surface area (Å²) in [6.07, 6.45) is 0.348. The zero-order chi connectivity index (χ0) is 16.8. The molecule has 2 aromatic rings. The SMILES string of the molecule is CC(CN[C@@H](Cc1ccccc1)C(=O)O)c1cc(F)cc(F)c1. The summed E-state index contributed by atoms with van der Waals surface area (Å²) in [5, 5.41) is 12.3. The monoisotopic (exact) mass is 319 g/mol. The van der Waals surface area contributed by atoms with Crippen molar-refractivity contribution < 1.29 is 18.7 Å². The molecular weight excluding hydrogens is 300 g/mol. The van der Waals surface area contributed by atoms with Crippen LogP contribution in [0, 0.1) is 11.6 Å². The quantitative estimate of drug-likeness (QED) is 0.823. The van der Waals surface area contributed by atoms with Crippen LogP contribution in [0.4, 0.5) is 8.78 Å². The van der Waals surface area contributed by atoms with Gasteiger partial charge in [0.1, 0.15) is 17.7 Å². The van der Waals surface area contributed by atoms with E-state index < -0.39 is 23.6 Å². The van der Waals surface area contributed by atoms with Gasteiger partial charge in [-0.2, -0.15) is 0 Å². The molecule has 3 nitrogen and oxygen atoms in total. The minimum absolute atomic E-state index is 0.210. The molecule has 0 aliphatic heterocycles. The van der Waals surface area contributed by atoms with Gasteiger partial charge in [0.15, 0.2) is 0 Å². The van der Waals surface area contributed by atoms with Crippen molar-refractivity contribution >= 4 is 5.97 Å². The number of rotatable bonds is 7. The first-order chi connectivity index (χ1) is 11.0. The average Bonchev–Trinajstić information content (AvgIpc) is 2.50. The van der Waals surface area contributed by atoms with Gasteiger partial charge in [0.2, 0.25) is 0 Å². The number of aliphatic carboxylic acids is 1. The highest BCUT2D eigenvalue weighted by Crippen LogP contribution is 2.17. The number of benzene rings is 2. The Kier molecular flexibility index (Phi) is 5.82.